The Labute approximate surface area is 225 Å². The Morgan fingerprint density at radius 3 is 1.27 bits per heavy atom. The number of rotatable bonds is 4. The van der Waals surface area contributed by atoms with E-state index in [4.69, 9.17) is 81.1 Å². The van der Waals surface area contributed by atoms with Crippen molar-refractivity contribution in [3.05, 3.63) is 90.8 Å². The highest BCUT2D eigenvalue weighted by atomic mass is 35.5. The summed E-state index contributed by atoms with van der Waals surface area (Å²) in [6.45, 7) is 0. The summed E-state index contributed by atoms with van der Waals surface area (Å²) in [4.78, 5) is 1.49. The quantitative estimate of drug-likeness (QED) is 0.238. The van der Waals surface area contributed by atoms with Crippen molar-refractivity contribution in [2.24, 2.45) is 0 Å². The third-order valence-corrected chi connectivity index (χ3v) is 7.94. The van der Waals surface area contributed by atoms with Gasteiger partial charge in [-0.3, -0.25) is 0 Å². The van der Waals surface area contributed by atoms with E-state index in [0.717, 1.165) is 20.9 Å². The molecule has 33 heavy (non-hydrogen) atoms. The first-order valence-electron chi connectivity index (χ1n) is 9.40. The van der Waals surface area contributed by atoms with Crippen molar-refractivity contribution < 1.29 is 0 Å². The van der Waals surface area contributed by atoms with E-state index in [0.29, 0.717) is 52.6 Å². The molecule has 0 aliphatic heterocycles. The molecule has 2 nitrogen and oxygen atoms in total. The highest BCUT2D eigenvalue weighted by Crippen LogP contribution is 2.48. The molecule has 0 aliphatic rings. The molecule has 0 spiro atoms. The van der Waals surface area contributed by atoms with Gasteiger partial charge in [-0.1, -0.05) is 81.4 Å². The normalized spacial score (nSPS) is 11.1. The summed E-state index contributed by atoms with van der Waals surface area (Å²) in [7, 11) is 0. The molecular formula is C24H14Cl6N2S. The molecule has 168 valence electrons. The van der Waals surface area contributed by atoms with Crippen molar-refractivity contribution in [2.45, 2.75) is 9.79 Å². The van der Waals surface area contributed by atoms with E-state index >= 15 is 0 Å². The molecule has 0 aromatic heterocycles. The second kappa shape index (κ2) is 10.1. The summed E-state index contributed by atoms with van der Waals surface area (Å²) >= 11 is 40.3. The number of benzene rings is 4. The van der Waals surface area contributed by atoms with Gasteiger partial charge in [0.25, 0.3) is 0 Å². The van der Waals surface area contributed by atoms with Gasteiger partial charge in [0.15, 0.2) is 0 Å². The van der Waals surface area contributed by atoms with Crippen LogP contribution in [0.5, 0.6) is 0 Å². The first kappa shape index (κ1) is 24.7. The molecule has 0 atom stereocenters. The van der Waals surface area contributed by atoms with Crippen LogP contribution < -0.4 is 11.5 Å². The van der Waals surface area contributed by atoms with Crippen LogP contribution in [0.15, 0.2) is 70.5 Å². The van der Waals surface area contributed by atoms with E-state index < -0.39 is 0 Å². The maximum Gasteiger partial charge on any atom is 0.0638 e. The number of anilines is 2. The Balaban J connectivity index is 1.81. The minimum atomic E-state index is 0.453. The Hall–Kier alpha value is -1.43. The highest BCUT2D eigenvalue weighted by Gasteiger charge is 2.19. The fraction of sp³-hybridized carbons (Fsp3) is 0. The lowest BCUT2D eigenvalue weighted by Gasteiger charge is -2.15. The third-order valence-electron chi connectivity index (χ3n) is 4.75. The fourth-order valence-electron chi connectivity index (χ4n) is 3.39. The van der Waals surface area contributed by atoms with E-state index in [1.54, 1.807) is 48.5 Å². The number of halogens is 6. The monoisotopic (exact) mass is 572 g/mol. The molecule has 4 N–H and O–H groups in total. The maximum absolute atomic E-state index is 6.79. The molecule has 0 bridgehead atoms. The predicted octanol–water partition coefficient (Wildman–Crippen LogP) is 10.3. The van der Waals surface area contributed by atoms with Crippen molar-refractivity contribution in [1.29, 1.82) is 0 Å². The van der Waals surface area contributed by atoms with E-state index in [-0.39, 0.29) is 0 Å². The molecule has 0 heterocycles. The zero-order chi connectivity index (χ0) is 23.9. The summed E-state index contributed by atoms with van der Waals surface area (Å²) in [5.74, 6) is 0. The van der Waals surface area contributed by atoms with E-state index in [2.05, 4.69) is 0 Å². The molecule has 4 rings (SSSR count). The van der Waals surface area contributed by atoms with Gasteiger partial charge in [-0.2, -0.15) is 0 Å². The molecule has 4 aromatic carbocycles. The van der Waals surface area contributed by atoms with Crippen LogP contribution >= 0.6 is 81.4 Å². The summed E-state index contributed by atoms with van der Waals surface area (Å²) in [6, 6.07) is 17.6. The molecular weight excluding hydrogens is 561 g/mol. The third kappa shape index (κ3) is 5.31. The molecule has 0 aliphatic carbocycles. The number of hydrogen-bond acceptors (Lipinski definition) is 3. The van der Waals surface area contributed by atoms with Crippen LogP contribution in [0.1, 0.15) is 0 Å². The van der Waals surface area contributed by atoms with E-state index in [1.807, 2.05) is 12.1 Å². The predicted molar refractivity (Wildman–Crippen MR) is 147 cm³/mol. The van der Waals surface area contributed by atoms with Crippen LogP contribution in [0.3, 0.4) is 0 Å². The van der Waals surface area contributed by atoms with Crippen molar-refractivity contribution in [2.75, 3.05) is 11.5 Å². The number of hydrogen-bond donors (Lipinski definition) is 2. The first-order valence-corrected chi connectivity index (χ1v) is 12.5. The van der Waals surface area contributed by atoms with Crippen LogP contribution in [-0.2, 0) is 0 Å². The molecule has 0 amide bonds. The van der Waals surface area contributed by atoms with Crippen molar-refractivity contribution in [3.8, 4) is 22.3 Å². The van der Waals surface area contributed by atoms with Crippen molar-refractivity contribution >= 4 is 92.7 Å². The van der Waals surface area contributed by atoms with Crippen molar-refractivity contribution in [3.63, 3.8) is 0 Å². The lowest BCUT2D eigenvalue weighted by atomic mass is 10.0. The van der Waals surface area contributed by atoms with Gasteiger partial charge in [0.2, 0.25) is 0 Å². The summed E-state index contributed by atoms with van der Waals surface area (Å²) in [5.41, 5.74) is 15.6. The zero-order valence-electron chi connectivity index (χ0n) is 16.6. The van der Waals surface area contributed by atoms with E-state index in [9.17, 15) is 0 Å². The number of nitrogen functional groups attached to an aromatic ring is 2. The van der Waals surface area contributed by atoms with Crippen LogP contribution in [0.4, 0.5) is 11.4 Å². The van der Waals surface area contributed by atoms with Gasteiger partial charge >= 0.3 is 0 Å². The molecule has 0 saturated heterocycles. The zero-order valence-corrected chi connectivity index (χ0v) is 22.0. The Morgan fingerprint density at radius 2 is 0.909 bits per heavy atom. The van der Waals surface area contributed by atoms with Crippen LogP contribution in [-0.4, -0.2) is 0 Å². The molecule has 0 fully saturated rings. The topological polar surface area (TPSA) is 52.0 Å². The van der Waals surface area contributed by atoms with Crippen LogP contribution in [0, 0.1) is 0 Å². The van der Waals surface area contributed by atoms with Crippen LogP contribution in [0.25, 0.3) is 22.3 Å². The van der Waals surface area contributed by atoms with Gasteiger partial charge in [0.1, 0.15) is 0 Å². The second-order valence-corrected chi connectivity index (χ2v) is 10.6. The Morgan fingerprint density at radius 1 is 0.515 bits per heavy atom. The summed E-state index contributed by atoms with van der Waals surface area (Å²) < 4.78 is 0. The molecule has 0 saturated carbocycles. The van der Waals surface area contributed by atoms with Crippen molar-refractivity contribution in [1.82, 2.24) is 0 Å². The molecule has 0 unspecified atom stereocenters. The van der Waals surface area contributed by atoms with Gasteiger partial charge in [0.05, 0.1) is 10.0 Å². The lowest BCUT2D eigenvalue weighted by molar-refractivity contribution is 1.40. The van der Waals surface area contributed by atoms with Gasteiger partial charge in [-0.25, -0.2) is 0 Å². The number of nitrogens with two attached hydrogens (primary N) is 2. The van der Waals surface area contributed by atoms with Gasteiger partial charge < -0.3 is 11.5 Å². The van der Waals surface area contributed by atoms with Gasteiger partial charge in [-0.05, 0) is 71.8 Å². The summed E-state index contributed by atoms with van der Waals surface area (Å²) in [6.07, 6.45) is 0. The van der Waals surface area contributed by atoms with E-state index in [1.165, 1.54) is 11.8 Å². The minimum absolute atomic E-state index is 0.453. The first-order chi connectivity index (χ1) is 15.6. The van der Waals surface area contributed by atoms with Gasteiger partial charge in [0, 0.05) is 52.4 Å². The SMILES string of the molecule is Nc1cc(Cl)cc(-c2c(Cl)ccc(Sc3ccc(Cl)c(-c4cc(N)cc(Cl)c4)c3Cl)c2Cl)c1. The standard InChI is InChI=1S/C24H14Cl6N2S/c25-13-5-11(7-15(31)9-13)21-17(27)1-3-19(23(21)29)33-20-4-2-18(28)22(24(20)30)12-6-14(26)10-16(32)8-12/h1-10H,31-32H2. The molecule has 0 radical (unpaired) electrons. The molecule has 4 aromatic rings. The molecule has 9 heteroatoms. The summed E-state index contributed by atoms with van der Waals surface area (Å²) in [5, 5.41) is 2.83. The Kier molecular flexibility index (Phi) is 7.52. The van der Waals surface area contributed by atoms with Gasteiger partial charge in [-0.15, -0.1) is 0 Å². The lowest BCUT2D eigenvalue weighted by Crippen LogP contribution is -1.91. The average Bonchev–Trinajstić information content (AvgIpc) is 2.70. The fourth-order valence-corrected chi connectivity index (χ4v) is 6.17. The van der Waals surface area contributed by atoms with Crippen LogP contribution in [0.2, 0.25) is 30.1 Å². The Bertz CT molecular complexity index is 1240. The smallest absolute Gasteiger partial charge is 0.0638 e. The largest absolute Gasteiger partial charge is 0.399 e. The average molecular weight is 575 g/mol. The second-order valence-electron chi connectivity index (χ2n) is 7.12. The highest BCUT2D eigenvalue weighted by molar-refractivity contribution is 7.99. The minimum Gasteiger partial charge on any atom is -0.399 e. The maximum atomic E-state index is 6.79.